The van der Waals surface area contributed by atoms with Crippen LogP contribution < -0.4 is 0 Å². The zero-order valence-corrected chi connectivity index (χ0v) is 11.6. The largest absolute Gasteiger partial charge is 0.396 e. The molecular formula is C13H30N2O. The summed E-state index contributed by atoms with van der Waals surface area (Å²) in [7, 11) is 0. The molecule has 0 heterocycles. The van der Waals surface area contributed by atoms with Crippen LogP contribution in [0.1, 0.15) is 34.1 Å². The smallest absolute Gasteiger partial charge is 0.0468 e. The summed E-state index contributed by atoms with van der Waals surface area (Å²) in [6, 6.07) is 0. The van der Waals surface area contributed by atoms with E-state index in [0.29, 0.717) is 12.5 Å². The number of rotatable bonds is 10. The van der Waals surface area contributed by atoms with Crippen LogP contribution in [0.5, 0.6) is 0 Å². The van der Waals surface area contributed by atoms with Gasteiger partial charge in [0.15, 0.2) is 0 Å². The number of aliphatic hydroxyl groups is 1. The molecule has 0 saturated carbocycles. The quantitative estimate of drug-likeness (QED) is 0.618. The van der Waals surface area contributed by atoms with E-state index in [4.69, 9.17) is 5.11 Å². The van der Waals surface area contributed by atoms with Gasteiger partial charge in [0.05, 0.1) is 0 Å². The van der Waals surface area contributed by atoms with Crippen LogP contribution in [0.3, 0.4) is 0 Å². The molecule has 98 valence electrons. The standard InChI is InChI=1S/C13H30N2O/c1-5-14(6-2)9-8-10-15(7-3)11-13(4)12-16/h13,16H,5-12H2,1-4H3. The Balaban J connectivity index is 3.69. The van der Waals surface area contributed by atoms with Crippen LogP contribution in [0.25, 0.3) is 0 Å². The molecular weight excluding hydrogens is 200 g/mol. The lowest BCUT2D eigenvalue weighted by Crippen LogP contribution is -2.33. The molecule has 0 aliphatic carbocycles. The molecule has 0 bridgehead atoms. The summed E-state index contributed by atoms with van der Waals surface area (Å²) < 4.78 is 0. The SMILES string of the molecule is CCN(CC)CCCN(CC)CC(C)CO. The number of hydrogen-bond acceptors (Lipinski definition) is 3. The van der Waals surface area contributed by atoms with Gasteiger partial charge < -0.3 is 14.9 Å². The lowest BCUT2D eigenvalue weighted by Gasteiger charge is -2.25. The van der Waals surface area contributed by atoms with Gasteiger partial charge in [0, 0.05) is 13.2 Å². The molecule has 0 radical (unpaired) electrons. The average molecular weight is 230 g/mol. The molecule has 0 rings (SSSR count). The summed E-state index contributed by atoms with van der Waals surface area (Å²) in [5.74, 6) is 0.397. The zero-order chi connectivity index (χ0) is 12.4. The molecule has 0 spiro atoms. The fourth-order valence-electron chi connectivity index (χ4n) is 1.93. The molecule has 0 aliphatic rings. The van der Waals surface area contributed by atoms with Crippen LogP contribution in [0.15, 0.2) is 0 Å². The first kappa shape index (κ1) is 15.9. The molecule has 0 aromatic carbocycles. The molecule has 0 aliphatic heterocycles. The van der Waals surface area contributed by atoms with E-state index in [0.717, 1.165) is 32.7 Å². The Morgan fingerprint density at radius 2 is 1.44 bits per heavy atom. The lowest BCUT2D eigenvalue weighted by atomic mass is 10.2. The van der Waals surface area contributed by atoms with Gasteiger partial charge in [-0.25, -0.2) is 0 Å². The average Bonchev–Trinajstić information content (AvgIpc) is 2.32. The predicted octanol–water partition coefficient (Wildman–Crippen LogP) is 1.67. The highest BCUT2D eigenvalue weighted by Crippen LogP contribution is 2.01. The topological polar surface area (TPSA) is 26.7 Å². The van der Waals surface area contributed by atoms with Gasteiger partial charge in [-0.2, -0.15) is 0 Å². The first-order chi connectivity index (χ1) is 7.67. The summed E-state index contributed by atoms with van der Waals surface area (Å²) in [6.07, 6.45) is 1.23. The second kappa shape index (κ2) is 10.1. The van der Waals surface area contributed by atoms with E-state index >= 15 is 0 Å². The first-order valence-corrected chi connectivity index (χ1v) is 6.73. The highest BCUT2D eigenvalue weighted by atomic mass is 16.3. The Kier molecular flexibility index (Phi) is 9.99. The number of hydrogen-bond donors (Lipinski definition) is 1. The van der Waals surface area contributed by atoms with Crippen molar-refractivity contribution in [1.29, 1.82) is 0 Å². The molecule has 3 heteroatoms. The third-order valence-corrected chi connectivity index (χ3v) is 3.17. The van der Waals surface area contributed by atoms with Gasteiger partial charge in [-0.15, -0.1) is 0 Å². The molecule has 1 N–H and O–H groups in total. The van der Waals surface area contributed by atoms with Crippen LogP contribution in [0.2, 0.25) is 0 Å². The van der Waals surface area contributed by atoms with E-state index in [1.807, 2.05) is 0 Å². The molecule has 0 aromatic rings. The van der Waals surface area contributed by atoms with Crippen molar-refractivity contribution >= 4 is 0 Å². The first-order valence-electron chi connectivity index (χ1n) is 6.73. The van der Waals surface area contributed by atoms with Crippen molar-refractivity contribution in [3.8, 4) is 0 Å². The van der Waals surface area contributed by atoms with Crippen molar-refractivity contribution < 1.29 is 5.11 Å². The van der Waals surface area contributed by atoms with Crippen molar-refractivity contribution in [3.05, 3.63) is 0 Å². The maximum absolute atomic E-state index is 9.03. The Hall–Kier alpha value is -0.120. The van der Waals surface area contributed by atoms with Gasteiger partial charge in [0.25, 0.3) is 0 Å². The minimum Gasteiger partial charge on any atom is -0.396 e. The lowest BCUT2D eigenvalue weighted by molar-refractivity contribution is 0.170. The third kappa shape index (κ3) is 7.20. The minimum atomic E-state index is 0.298. The third-order valence-electron chi connectivity index (χ3n) is 3.17. The fourth-order valence-corrected chi connectivity index (χ4v) is 1.93. The van der Waals surface area contributed by atoms with Crippen molar-refractivity contribution in [2.45, 2.75) is 34.1 Å². The van der Waals surface area contributed by atoms with E-state index in [2.05, 4.69) is 37.5 Å². The Morgan fingerprint density at radius 1 is 0.938 bits per heavy atom. The Morgan fingerprint density at radius 3 is 1.88 bits per heavy atom. The predicted molar refractivity (Wildman–Crippen MR) is 70.8 cm³/mol. The molecule has 3 nitrogen and oxygen atoms in total. The highest BCUT2D eigenvalue weighted by Gasteiger charge is 2.08. The van der Waals surface area contributed by atoms with Gasteiger partial charge in [-0.05, 0) is 45.1 Å². The van der Waals surface area contributed by atoms with Gasteiger partial charge in [-0.3, -0.25) is 0 Å². The molecule has 0 amide bonds. The summed E-state index contributed by atoms with van der Waals surface area (Å²) in [4.78, 5) is 4.90. The maximum atomic E-state index is 9.03. The van der Waals surface area contributed by atoms with Crippen molar-refractivity contribution in [2.75, 3.05) is 45.9 Å². The molecule has 1 atom stereocenters. The van der Waals surface area contributed by atoms with Crippen LogP contribution >= 0.6 is 0 Å². The molecule has 0 saturated heterocycles. The molecule has 0 aromatic heterocycles. The van der Waals surface area contributed by atoms with E-state index in [1.54, 1.807) is 0 Å². The zero-order valence-electron chi connectivity index (χ0n) is 11.6. The van der Waals surface area contributed by atoms with Crippen LogP contribution in [0.4, 0.5) is 0 Å². The van der Waals surface area contributed by atoms with Crippen molar-refractivity contribution in [1.82, 2.24) is 9.80 Å². The second-order valence-electron chi connectivity index (χ2n) is 4.56. The maximum Gasteiger partial charge on any atom is 0.0468 e. The van der Waals surface area contributed by atoms with E-state index in [9.17, 15) is 0 Å². The number of aliphatic hydroxyl groups excluding tert-OH is 1. The van der Waals surface area contributed by atoms with E-state index in [-0.39, 0.29) is 0 Å². The summed E-state index contributed by atoms with van der Waals surface area (Å²) in [5, 5.41) is 9.03. The van der Waals surface area contributed by atoms with Gasteiger partial charge in [-0.1, -0.05) is 27.7 Å². The van der Waals surface area contributed by atoms with Gasteiger partial charge in [0.2, 0.25) is 0 Å². The van der Waals surface area contributed by atoms with E-state index < -0.39 is 0 Å². The molecule has 16 heavy (non-hydrogen) atoms. The monoisotopic (exact) mass is 230 g/mol. The molecule has 1 unspecified atom stereocenters. The van der Waals surface area contributed by atoms with Crippen LogP contribution in [-0.4, -0.2) is 60.8 Å². The second-order valence-corrected chi connectivity index (χ2v) is 4.56. The Bertz CT molecular complexity index is 149. The normalized spacial score (nSPS) is 13.7. The van der Waals surface area contributed by atoms with Crippen molar-refractivity contribution in [3.63, 3.8) is 0 Å². The summed E-state index contributed by atoms with van der Waals surface area (Å²) >= 11 is 0. The Labute approximate surface area is 101 Å². The summed E-state index contributed by atoms with van der Waals surface area (Å²) in [5.41, 5.74) is 0. The van der Waals surface area contributed by atoms with Crippen LogP contribution in [0, 0.1) is 5.92 Å². The van der Waals surface area contributed by atoms with Crippen molar-refractivity contribution in [2.24, 2.45) is 5.92 Å². The highest BCUT2D eigenvalue weighted by molar-refractivity contribution is 4.62. The van der Waals surface area contributed by atoms with Crippen LogP contribution in [-0.2, 0) is 0 Å². The summed E-state index contributed by atoms with van der Waals surface area (Å²) in [6.45, 7) is 15.8. The van der Waals surface area contributed by atoms with Gasteiger partial charge >= 0.3 is 0 Å². The molecule has 0 fully saturated rings. The number of nitrogens with zero attached hydrogens (tertiary/aromatic N) is 2. The van der Waals surface area contributed by atoms with E-state index in [1.165, 1.54) is 13.0 Å². The fraction of sp³-hybridized carbons (Fsp3) is 1.00. The minimum absolute atomic E-state index is 0.298. The van der Waals surface area contributed by atoms with Gasteiger partial charge in [0.1, 0.15) is 0 Å².